The molecule has 30 heavy (non-hydrogen) atoms. The SMILES string of the molecule is COc1ccc(N(CCC(N)=O)CC(=O)Nc2oc(C)c3c(C)n[nH]c(=O)c23)cc1. The molecular weight excluding hydrogens is 390 g/mol. The van der Waals surface area contributed by atoms with E-state index < -0.39 is 17.4 Å². The second-order valence-electron chi connectivity index (χ2n) is 6.76. The smallest absolute Gasteiger partial charge is 0.277 e. The summed E-state index contributed by atoms with van der Waals surface area (Å²) in [6.45, 7) is 3.60. The van der Waals surface area contributed by atoms with E-state index in [9.17, 15) is 14.4 Å². The molecule has 10 nitrogen and oxygen atoms in total. The number of ether oxygens (including phenoxy) is 1. The molecule has 2 amide bonds. The van der Waals surface area contributed by atoms with Crippen molar-refractivity contribution in [3.63, 3.8) is 0 Å². The predicted octanol–water partition coefficient (Wildman–Crippen LogP) is 1.46. The van der Waals surface area contributed by atoms with Gasteiger partial charge in [-0.2, -0.15) is 5.10 Å². The molecule has 0 radical (unpaired) electrons. The predicted molar refractivity (Wildman–Crippen MR) is 112 cm³/mol. The third kappa shape index (κ3) is 4.43. The van der Waals surface area contributed by atoms with E-state index in [0.29, 0.717) is 28.3 Å². The number of aromatic nitrogens is 2. The zero-order valence-corrected chi connectivity index (χ0v) is 16.9. The number of methoxy groups -OCH3 is 1. The summed E-state index contributed by atoms with van der Waals surface area (Å²) >= 11 is 0. The van der Waals surface area contributed by atoms with Gasteiger partial charge >= 0.3 is 0 Å². The first-order valence-electron chi connectivity index (χ1n) is 9.25. The molecular formula is C20H23N5O5. The van der Waals surface area contributed by atoms with Gasteiger partial charge in [0, 0.05) is 18.7 Å². The molecule has 0 fully saturated rings. The van der Waals surface area contributed by atoms with Crippen LogP contribution in [0.4, 0.5) is 11.6 Å². The Morgan fingerprint density at radius 1 is 1.23 bits per heavy atom. The maximum atomic E-state index is 12.7. The summed E-state index contributed by atoms with van der Waals surface area (Å²) in [5.41, 5.74) is 6.12. The van der Waals surface area contributed by atoms with Crippen LogP contribution in [0.5, 0.6) is 5.75 Å². The lowest BCUT2D eigenvalue weighted by atomic mass is 10.2. The molecule has 0 aliphatic heterocycles. The molecule has 10 heteroatoms. The molecule has 0 aliphatic rings. The number of primary amides is 1. The quantitative estimate of drug-likeness (QED) is 0.507. The molecule has 0 spiro atoms. The monoisotopic (exact) mass is 413 g/mol. The fraction of sp³-hybridized carbons (Fsp3) is 0.300. The van der Waals surface area contributed by atoms with Gasteiger partial charge in [-0.25, -0.2) is 5.10 Å². The standard InChI is InChI=1S/C20H23N5O5/c1-11-17-12(2)30-20(18(17)19(28)24-23-11)22-16(27)10-25(9-8-15(21)26)13-4-6-14(29-3)7-5-13/h4-7H,8-10H2,1-3H3,(H2,21,26)(H,22,27)(H,24,28). The van der Waals surface area contributed by atoms with Gasteiger partial charge in [-0.3, -0.25) is 19.7 Å². The van der Waals surface area contributed by atoms with Crippen LogP contribution in [0.15, 0.2) is 33.5 Å². The van der Waals surface area contributed by atoms with Crippen molar-refractivity contribution in [3.05, 3.63) is 46.1 Å². The largest absolute Gasteiger partial charge is 0.497 e. The van der Waals surface area contributed by atoms with Crippen molar-refractivity contribution in [2.75, 3.05) is 30.4 Å². The average Bonchev–Trinajstić information content (AvgIpc) is 3.05. The summed E-state index contributed by atoms with van der Waals surface area (Å²) in [5, 5.41) is 9.77. The van der Waals surface area contributed by atoms with Crippen LogP contribution in [0.1, 0.15) is 17.9 Å². The molecule has 4 N–H and O–H groups in total. The molecule has 1 aromatic carbocycles. The summed E-state index contributed by atoms with van der Waals surface area (Å²) < 4.78 is 10.8. The minimum absolute atomic E-state index is 0.0591. The number of carbonyl (C=O) groups excluding carboxylic acids is 2. The zero-order chi connectivity index (χ0) is 21.8. The maximum absolute atomic E-state index is 12.7. The van der Waals surface area contributed by atoms with E-state index in [1.165, 1.54) is 0 Å². The number of furan rings is 1. The molecule has 0 unspecified atom stereocenters. The summed E-state index contributed by atoms with van der Waals surface area (Å²) in [6, 6.07) is 7.06. The molecule has 0 aliphatic carbocycles. The van der Waals surface area contributed by atoms with Crippen LogP contribution in [-0.4, -0.2) is 42.2 Å². The highest BCUT2D eigenvalue weighted by molar-refractivity contribution is 6.02. The number of benzene rings is 1. The van der Waals surface area contributed by atoms with Crippen LogP contribution in [0.3, 0.4) is 0 Å². The van der Waals surface area contributed by atoms with Crippen molar-refractivity contribution in [1.82, 2.24) is 10.2 Å². The van der Waals surface area contributed by atoms with Gasteiger partial charge in [0.05, 0.1) is 24.7 Å². The lowest BCUT2D eigenvalue weighted by molar-refractivity contribution is -0.118. The van der Waals surface area contributed by atoms with Crippen molar-refractivity contribution < 1.29 is 18.7 Å². The van der Waals surface area contributed by atoms with Gasteiger partial charge in [-0.15, -0.1) is 0 Å². The van der Waals surface area contributed by atoms with E-state index in [-0.39, 0.29) is 30.8 Å². The summed E-state index contributed by atoms with van der Waals surface area (Å²) in [6.07, 6.45) is 0.0760. The Labute approximate surface area is 172 Å². The molecule has 0 bridgehead atoms. The Hall–Kier alpha value is -3.82. The Morgan fingerprint density at radius 3 is 2.57 bits per heavy atom. The third-order valence-corrected chi connectivity index (χ3v) is 4.65. The second kappa shape index (κ2) is 8.68. The fourth-order valence-electron chi connectivity index (χ4n) is 3.21. The molecule has 2 heterocycles. The highest BCUT2D eigenvalue weighted by atomic mass is 16.5. The minimum atomic E-state index is -0.476. The maximum Gasteiger partial charge on any atom is 0.277 e. The number of anilines is 2. The Morgan fingerprint density at radius 2 is 1.93 bits per heavy atom. The number of H-pyrrole nitrogens is 1. The van der Waals surface area contributed by atoms with Gasteiger partial charge < -0.3 is 19.8 Å². The summed E-state index contributed by atoms with van der Waals surface area (Å²) in [5.74, 6) is 0.315. The van der Waals surface area contributed by atoms with E-state index in [2.05, 4.69) is 15.5 Å². The summed E-state index contributed by atoms with van der Waals surface area (Å²) in [7, 11) is 1.56. The lowest BCUT2D eigenvalue weighted by Gasteiger charge is -2.23. The van der Waals surface area contributed by atoms with E-state index in [1.54, 1.807) is 50.1 Å². The van der Waals surface area contributed by atoms with E-state index in [1.807, 2.05) is 0 Å². The molecule has 158 valence electrons. The molecule has 0 atom stereocenters. The number of nitrogens with zero attached hydrogens (tertiary/aromatic N) is 2. The Bertz CT molecular complexity index is 1130. The van der Waals surface area contributed by atoms with Crippen LogP contribution in [0.25, 0.3) is 10.8 Å². The number of rotatable bonds is 8. The number of hydrogen-bond acceptors (Lipinski definition) is 7. The van der Waals surface area contributed by atoms with Crippen molar-refractivity contribution in [3.8, 4) is 5.75 Å². The van der Waals surface area contributed by atoms with E-state index >= 15 is 0 Å². The Balaban J connectivity index is 1.84. The molecule has 2 aromatic heterocycles. The van der Waals surface area contributed by atoms with Gasteiger partial charge in [0.25, 0.3) is 5.56 Å². The normalized spacial score (nSPS) is 10.8. The van der Waals surface area contributed by atoms with Crippen molar-refractivity contribution in [2.45, 2.75) is 20.3 Å². The van der Waals surface area contributed by atoms with Crippen LogP contribution in [0, 0.1) is 13.8 Å². The highest BCUT2D eigenvalue weighted by Gasteiger charge is 2.20. The first-order valence-corrected chi connectivity index (χ1v) is 9.25. The number of nitrogens with one attached hydrogen (secondary N) is 2. The first kappa shape index (κ1) is 20.9. The number of amides is 2. The van der Waals surface area contributed by atoms with Gasteiger partial charge in [-0.05, 0) is 38.1 Å². The number of hydrogen-bond donors (Lipinski definition) is 3. The van der Waals surface area contributed by atoms with Gasteiger partial charge in [0.1, 0.15) is 16.9 Å². The van der Waals surface area contributed by atoms with Crippen LogP contribution >= 0.6 is 0 Å². The van der Waals surface area contributed by atoms with E-state index in [4.69, 9.17) is 14.9 Å². The van der Waals surface area contributed by atoms with Crippen LogP contribution < -0.4 is 26.2 Å². The topological polar surface area (TPSA) is 144 Å². The third-order valence-electron chi connectivity index (χ3n) is 4.65. The molecule has 0 saturated carbocycles. The van der Waals surface area contributed by atoms with Crippen molar-refractivity contribution in [1.29, 1.82) is 0 Å². The fourth-order valence-corrected chi connectivity index (χ4v) is 3.21. The number of aromatic amines is 1. The number of fused-ring (bicyclic) bond motifs is 1. The molecule has 3 rings (SSSR count). The minimum Gasteiger partial charge on any atom is -0.497 e. The molecule has 0 saturated heterocycles. The zero-order valence-electron chi connectivity index (χ0n) is 16.9. The lowest BCUT2D eigenvalue weighted by Crippen LogP contribution is -2.35. The summed E-state index contributed by atoms with van der Waals surface area (Å²) in [4.78, 5) is 37.9. The van der Waals surface area contributed by atoms with Crippen LogP contribution in [0.2, 0.25) is 0 Å². The Kier molecular flexibility index (Phi) is 6.05. The number of aryl methyl sites for hydroxylation is 2. The number of carbonyl (C=O) groups is 2. The van der Waals surface area contributed by atoms with E-state index in [0.717, 1.165) is 0 Å². The average molecular weight is 413 g/mol. The first-order chi connectivity index (χ1) is 14.3. The van der Waals surface area contributed by atoms with Crippen LogP contribution in [-0.2, 0) is 9.59 Å². The van der Waals surface area contributed by atoms with Gasteiger partial charge in [0.15, 0.2) is 0 Å². The van der Waals surface area contributed by atoms with Crippen molar-refractivity contribution in [2.24, 2.45) is 5.73 Å². The number of nitrogens with two attached hydrogens (primary N) is 1. The van der Waals surface area contributed by atoms with Gasteiger partial charge in [-0.1, -0.05) is 0 Å². The van der Waals surface area contributed by atoms with Crippen molar-refractivity contribution >= 4 is 34.2 Å². The van der Waals surface area contributed by atoms with Gasteiger partial charge in [0.2, 0.25) is 17.7 Å². The second-order valence-corrected chi connectivity index (χ2v) is 6.76. The molecule has 3 aromatic rings. The highest BCUT2D eigenvalue weighted by Crippen LogP contribution is 2.28.